The number of halogens is 2. The first kappa shape index (κ1) is 14.3. The number of nitrogens with zero attached hydrogens (tertiary/aromatic N) is 4. The van der Waals surface area contributed by atoms with Crippen LogP contribution in [0.1, 0.15) is 38.7 Å². The molecular formula is C13H16Cl2N4. The lowest BCUT2D eigenvalue weighted by molar-refractivity contribution is 0.603. The lowest BCUT2D eigenvalue weighted by Crippen LogP contribution is -1.99. The molecule has 0 saturated carbocycles. The van der Waals surface area contributed by atoms with E-state index < -0.39 is 0 Å². The summed E-state index contributed by atoms with van der Waals surface area (Å²) in [4.78, 5) is 8.63. The largest absolute Gasteiger partial charge is 0.272 e. The van der Waals surface area contributed by atoms with Gasteiger partial charge < -0.3 is 0 Å². The first-order valence-electron chi connectivity index (χ1n) is 6.28. The van der Waals surface area contributed by atoms with Crippen molar-refractivity contribution in [2.24, 2.45) is 0 Å². The van der Waals surface area contributed by atoms with Gasteiger partial charge in [-0.2, -0.15) is 5.10 Å². The minimum atomic E-state index is 0.192. The van der Waals surface area contributed by atoms with Crippen molar-refractivity contribution < 1.29 is 0 Å². The summed E-state index contributed by atoms with van der Waals surface area (Å²) in [7, 11) is 0. The van der Waals surface area contributed by atoms with Gasteiger partial charge in [-0.1, -0.05) is 44.0 Å². The van der Waals surface area contributed by atoms with Crippen molar-refractivity contribution in [1.82, 2.24) is 19.7 Å². The van der Waals surface area contributed by atoms with Crippen LogP contribution in [0, 0.1) is 0 Å². The van der Waals surface area contributed by atoms with E-state index in [4.69, 9.17) is 23.2 Å². The van der Waals surface area contributed by atoms with Gasteiger partial charge in [0.2, 0.25) is 0 Å². The van der Waals surface area contributed by atoms with E-state index in [1.54, 1.807) is 6.20 Å². The van der Waals surface area contributed by atoms with Crippen LogP contribution in [-0.4, -0.2) is 19.7 Å². The third-order valence-electron chi connectivity index (χ3n) is 2.77. The maximum absolute atomic E-state index is 6.18. The molecule has 4 nitrogen and oxygen atoms in total. The third kappa shape index (κ3) is 3.07. The first-order chi connectivity index (χ1) is 9.02. The quantitative estimate of drug-likeness (QED) is 0.795. The second-order valence-corrected chi connectivity index (χ2v) is 5.41. The van der Waals surface area contributed by atoms with Crippen LogP contribution in [0.5, 0.6) is 0 Å². The molecule has 0 saturated heterocycles. The van der Waals surface area contributed by atoms with Crippen LogP contribution in [0.3, 0.4) is 0 Å². The van der Waals surface area contributed by atoms with E-state index in [1.165, 1.54) is 0 Å². The maximum atomic E-state index is 6.18. The highest BCUT2D eigenvalue weighted by Crippen LogP contribution is 2.30. The molecule has 102 valence electrons. The minimum absolute atomic E-state index is 0.192. The first-order valence-corrected chi connectivity index (χ1v) is 7.04. The zero-order chi connectivity index (χ0) is 14.0. The fourth-order valence-corrected chi connectivity index (χ4v) is 2.68. The summed E-state index contributed by atoms with van der Waals surface area (Å²) >= 11 is 12.4. The van der Waals surface area contributed by atoms with Crippen LogP contribution >= 0.6 is 23.2 Å². The van der Waals surface area contributed by atoms with Crippen molar-refractivity contribution in [3.05, 3.63) is 28.3 Å². The van der Waals surface area contributed by atoms with E-state index in [1.807, 2.05) is 24.7 Å². The monoisotopic (exact) mass is 298 g/mol. The van der Waals surface area contributed by atoms with Crippen molar-refractivity contribution in [1.29, 1.82) is 0 Å². The fourth-order valence-electron chi connectivity index (χ4n) is 1.85. The van der Waals surface area contributed by atoms with Gasteiger partial charge in [-0.3, -0.25) is 4.68 Å². The normalized spacial score (nSPS) is 11.3. The molecule has 0 N–H and O–H groups in total. The number of aryl methyl sites for hydroxylation is 1. The van der Waals surface area contributed by atoms with Crippen molar-refractivity contribution in [3.63, 3.8) is 0 Å². The molecule has 0 aliphatic rings. The molecule has 0 aromatic carbocycles. The highest BCUT2D eigenvalue weighted by atomic mass is 35.5. The summed E-state index contributed by atoms with van der Waals surface area (Å²) in [6, 6.07) is 0. The molecule has 0 aliphatic carbocycles. The van der Waals surface area contributed by atoms with Gasteiger partial charge in [0.15, 0.2) is 5.82 Å². The van der Waals surface area contributed by atoms with Crippen molar-refractivity contribution in [3.8, 4) is 11.4 Å². The van der Waals surface area contributed by atoms with Gasteiger partial charge in [-0.25, -0.2) is 9.97 Å². The molecule has 0 unspecified atom stereocenters. The fraction of sp³-hybridized carbons (Fsp3) is 0.462. The van der Waals surface area contributed by atoms with Crippen molar-refractivity contribution in [2.45, 2.75) is 39.7 Å². The minimum Gasteiger partial charge on any atom is -0.272 e. The number of hydrogen-bond donors (Lipinski definition) is 0. The van der Waals surface area contributed by atoms with E-state index in [0.29, 0.717) is 16.1 Å². The summed E-state index contributed by atoms with van der Waals surface area (Å²) in [5.41, 5.74) is 1.61. The second-order valence-electron chi connectivity index (χ2n) is 4.69. The maximum Gasteiger partial charge on any atom is 0.165 e. The van der Waals surface area contributed by atoms with Crippen LogP contribution < -0.4 is 0 Å². The molecule has 2 aromatic rings. The lowest BCUT2D eigenvalue weighted by Gasteiger charge is -2.10. The molecule has 0 spiro atoms. The predicted molar refractivity (Wildman–Crippen MR) is 77.7 cm³/mol. The average Bonchev–Trinajstić information content (AvgIpc) is 2.76. The van der Waals surface area contributed by atoms with Crippen LogP contribution in [-0.2, 0) is 6.54 Å². The van der Waals surface area contributed by atoms with E-state index >= 15 is 0 Å². The summed E-state index contributed by atoms with van der Waals surface area (Å²) in [6.45, 7) is 6.99. The van der Waals surface area contributed by atoms with Gasteiger partial charge >= 0.3 is 0 Å². The summed E-state index contributed by atoms with van der Waals surface area (Å²) < 4.78 is 1.86. The standard InChI is InChI=1S/C13H16Cl2N4/c1-4-5-19-7-9(6-16-19)13-17-11(14)10(8(2)3)12(15)18-13/h6-8H,4-5H2,1-3H3. The van der Waals surface area contributed by atoms with Gasteiger partial charge in [0.1, 0.15) is 10.3 Å². The van der Waals surface area contributed by atoms with E-state index in [9.17, 15) is 0 Å². The van der Waals surface area contributed by atoms with Crippen molar-refractivity contribution >= 4 is 23.2 Å². The van der Waals surface area contributed by atoms with Crippen molar-refractivity contribution in [2.75, 3.05) is 0 Å². The molecule has 0 aliphatic heterocycles. The van der Waals surface area contributed by atoms with Crippen LogP contribution in [0.25, 0.3) is 11.4 Å². The second kappa shape index (κ2) is 5.88. The summed E-state index contributed by atoms with van der Waals surface area (Å²) in [5, 5.41) is 5.07. The Bertz CT molecular complexity index is 555. The topological polar surface area (TPSA) is 43.6 Å². The average molecular weight is 299 g/mol. The van der Waals surface area contributed by atoms with E-state index in [2.05, 4.69) is 22.0 Å². The van der Waals surface area contributed by atoms with Crippen LogP contribution in [0.15, 0.2) is 12.4 Å². The molecule has 0 fully saturated rings. The Kier molecular flexibility index (Phi) is 4.42. The number of rotatable bonds is 4. The van der Waals surface area contributed by atoms with Gasteiger partial charge in [0.05, 0.1) is 11.8 Å². The Labute approximate surface area is 122 Å². The van der Waals surface area contributed by atoms with Gasteiger partial charge in [0.25, 0.3) is 0 Å². The molecule has 0 amide bonds. The third-order valence-corrected chi connectivity index (χ3v) is 3.35. The Morgan fingerprint density at radius 3 is 2.37 bits per heavy atom. The molecular weight excluding hydrogens is 283 g/mol. The molecule has 0 bridgehead atoms. The Morgan fingerprint density at radius 1 is 1.21 bits per heavy atom. The molecule has 2 heterocycles. The lowest BCUT2D eigenvalue weighted by atomic mass is 10.1. The number of hydrogen-bond acceptors (Lipinski definition) is 3. The molecule has 0 radical (unpaired) electrons. The van der Waals surface area contributed by atoms with E-state index in [-0.39, 0.29) is 5.92 Å². The zero-order valence-electron chi connectivity index (χ0n) is 11.2. The van der Waals surface area contributed by atoms with Gasteiger partial charge in [0, 0.05) is 18.3 Å². The molecule has 0 atom stereocenters. The van der Waals surface area contributed by atoms with Crippen LogP contribution in [0.2, 0.25) is 10.3 Å². The number of aromatic nitrogens is 4. The predicted octanol–water partition coefficient (Wildman–Crippen LogP) is 4.18. The summed E-state index contributed by atoms with van der Waals surface area (Å²) in [5.74, 6) is 0.707. The Morgan fingerprint density at radius 2 is 1.84 bits per heavy atom. The Balaban J connectivity index is 2.40. The molecule has 19 heavy (non-hydrogen) atoms. The van der Waals surface area contributed by atoms with Gasteiger partial charge in [-0.15, -0.1) is 0 Å². The SMILES string of the molecule is CCCn1cc(-c2nc(Cl)c(C(C)C)c(Cl)n2)cn1. The Hall–Kier alpha value is -1.13. The highest BCUT2D eigenvalue weighted by Gasteiger charge is 2.16. The van der Waals surface area contributed by atoms with Crippen LogP contribution in [0.4, 0.5) is 0 Å². The molecule has 2 rings (SSSR count). The highest BCUT2D eigenvalue weighted by molar-refractivity contribution is 6.34. The smallest absolute Gasteiger partial charge is 0.165 e. The molecule has 6 heteroatoms. The van der Waals surface area contributed by atoms with Gasteiger partial charge in [-0.05, 0) is 12.3 Å². The van der Waals surface area contributed by atoms with E-state index in [0.717, 1.165) is 24.1 Å². The molecule has 2 aromatic heterocycles. The summed E-state index contributed by atoms with van der Waals surface area (Å²) in [6.07, 6.45) is 4.66. The zero-order valence-corrected chi connectivity index (χ0v) is 12.7.